The van der Waals surface area contributed by atoms with E-state index in [1.807, 2.05) is 35.1 Å². The van der Waals surface area contributed by atoms with E-state index in [4.69, 9.17) is 4.74 Å². The molecule has 1 aliphatic heterocycles. The maximum Gasteiger partial charge on any atom is 0.264 e. The first-order valence-electron chi connectivity index (χ1n) is 14.3. The van der Waals surface area contributed by atoms with Gasteiger partial charge in [0.25, 0.3) is 10.0 Å². The number of fused-ring (bicyclic) bond motifs is 1. The Kier molecular flexibility index (Phi) is 9.69. The van der Waals surface area contributed by atoms with Crippen LogP contribution in [-0.2, 0) is 34.2 Å². The summed E-state index contributed by atoms with van der Waals surface area (Å²) in [7, 11) is -2.23. The van der Waals surface area contributed by atoms with Crippen LogP contribution in [0.2, 0.25) is 0 Å². The van der Waals surface area contributed by atoms with E-state index in [0.29, 0.717) is 30.9 Å². The number of carbonyl (C=O) groups excluding carboxylic acids is 1. The fourth-order valence-electron chi connectivity index (χ4n) is 5.13. The van der Waals surface area contributed by atoms with Crippen molar-refractivity contribution in [3.8, 4) is 5.75 Å². The molecule has 4 aromatic carbocycles. The van der Waals surface area contributed by atoms with Gasteiger partial charge in [-0.3, -0.25) is 9.69 Å². The molecule has 5 rings (SSSR count). The number of benzene rings is 4. The first-order valence-corrected chi connectivity index (χ1v) is 15.8. The lowest BCUT2D eigenvalue weighted by Crippen LogP contribution is -2.43. The minimum Gasteiger partial charge on any atom is -0.493 e. The minimum atomic E-state index is -4.35. The van der Waals surface area contributed by atoms with Crippen LogP contribution in [0.3, 0.4) is 0 Å². The van der Waals surface area contributed by atoms with Crippen LogP contribution in [0.5, 0.6) is 5.75 Å². The molecular weight excluding hydrogens is 572 g/mol. The van der Waals surface area contributed by atoms with Gasteiger partial charge in [-0.2, -0.15) is 0 Å². The Morgan fingerprint density at radius 3 is 2.35 bits per heavy atom. The van der Waals surface area contributed by atoms with Gasteiger partial charge in [-0.05, 0) is 65.2 Å². The number of sulfonamides is 1. The Morgan fingerprint density at radius 1 is 0.837 bits per heavy atom. The second-order valence-electron chi connectivity index (χ2n) is 10.9. The van der Waals surface area contributed by atoms with Gasteiger partial charge in [-0.25, -0.2) is 21.9 Å². The molecule has 0 spiro atoms. The number of likely N-dealkylation sites (N-methyl/N-ethyl adjacent to an activating group) is 1. The predicted molar refractivity (Wildman–Crippen MR) is 162 cm³/mol. The maximum absolute atomic E-state index is 13.6. The van der Waals surface area contributed by atoms with Crippen molar-refractivity contribution in [1.82, 2.24) is 14.5 Å². The number of nitrogens with zero attached hydrogens (tertiary/aromatic N) is 2. The summed E-state index contributed by atoms with van der Waals surface area (Å²) >= 11 is 0. The van der Waals surface area contributed by atoms with Crippen molar-refractivity contribution in [1.29, 1.82) is 0 Å². The van der Waals surface area contributed by atoms with Crippen LogP contribution in [0.4, 0.5) is 8.78 Å². The molecule has 0 bridgehead atoms. The molecule has 1 heterocycles. The number of amides is 1. The quantitative estimate of drug-likeness (QED) is 0.261. The van der Waals surface area contributed by atoms with E-state index < -0.39 is 32.5 Å². The highest BCUT2D eigenvalue weighted by Gasteiger charge is 2.20. The van der Waals surface area contributed by atoms with Crippen molar-refractivity contribution in [3.63, 3.8) is 0 Å². The summed E-state index contributed by atoms with van der Waals surface area (Å²) < 4.78 is 60.1. The predicted octanol–water partition coefficient (Wildman–Crippen LogP) is 4.92. The highest BCUT2D eigenvalue weighted by Crippen LogP contribution is 2.25. The molecule has 1 saturated heterocycles. The Morgan fingerprint density at radius 2 is 1.58 bits per heavy atom. The molecule has 1 N–H and O–H groups in total. The zero-order valence-electron chi connectivity index (χ0n) is 24.1. The molecule has 0 radical (unpaired) electrons. The summed E-state index contributed by atoms with van der Waals surface area (Å²) in [4.78, 5) is 16.8. The number of hydrogen-bond donors (Lipinski definition) is 1. The molecule has 4 aromatic rings. The summed E-state index contributed by atoms with van der Waals surface area (Å²) in [6, 6.07) is 22.6. The number of aryl methyl sites for hydroxylation is 1. The fourth-order valence-corrected chi connectivity index (χ4v) is 6.15. The highest BCUT2D eigenvalue weighted by molar-refractivity contribution is 7.90. The molecule has 226 valence electrons. The van der Waals surface area contributed by atoms with Gasteiger partial charge in [0.15, 0.2) is 11.6 Å². The summed E-state index contributed by atoms with van der Waals surface area (Å²) in [6.07, 6.45) is 0.793. The molecule has 1 amide bonds. The summed E-state index contributed by atoms with van der Waals surface area (Å²) in [6.45, 7) is 5.18. The average Bonchev–Trinajstić information content (AvgIpc) is 2.99. The lowest BCUT2D eigenvalue weighted by atomic mass is 10.0. The third kappa shape index (κ3) is 8.16. The fraction of sp³-hybridized carbons (Fsp3) is 0.303. The van der Waals surface area contributed by atoms with E-state index in [1.54, 1.807) is 0 Å². The van der Waals surface area contributed by atoms with Gasteiger partial charge in [0, 0.05) is 45.6 Å². The van der Waals surface area contributed by atoms with Gasteiger partial charge in [-0.1, -0.05) is 54.6 Å². The topological polar surface area (TPSA) is 79.0 Å². The standard InChI is InChI=1S/C33H35F2N3O4S/c1-37-15-17-38(18-16-37)23-25-7-9-27(10-13-33(39)36-43(40,41)29-11-12-30(34)31(35)22-29)32(21-25)42-19-14-24-6-8-26-4-2-3-5-28(26)20-24/h2-9,11-12,20-22H,10,13-19,23H2,1H3,(H,36,39). The van der Waals surface area contributed by atoms with E-state index in [0.717, 1.165) is 55.5 Å². The lowest BCUT2D eigenvalue weighted by Gasteiger charge is -2.32. The highest BCUT2D eigenvalue weighted by atomic mass is 32.2. The monoisotopic (exact) mass is 607 g/mol. The van der Waals surface area contributed by atoms with Crippen molar-refractivity contribution in [3.05, 3.63) is 107 Å². The van der Waals surface area contributed by atoms with Crippen molar-refractivity contribution < 1.29 is 26.7 Å². The summed E-state index contributed by atoms with van der Waals surface area (Å²) in [5.41, 5.74) is 3.02. The zero-order valence-corrected chi connectivity index (χ0v) is 24.9. The third-order valence-corrected chi connectivity index (χ3v) is 9.04. The number of hydrogen-bond acceptors (Lipinski definition) is 6. The number of rotatable bonds is 11. The van der Waals surface area contributed by atoms with Crippen LogP contribution in [0.1, 0.15) is 23.1 Å². The molecule has 7 nitrogen and oxygen atoms in total. The van der Waals surface area contributed by atoms with Gasteiger partial charge in [0.05, 0.1) is 11.5 Å². The molecule has 43 heavy (non-hydrogen) atoms. The van der Waals surface area contributed by atoms with Crippen LogP contribution in [0, 0.1) is 11.6 Å². The molecule has 10 heteroatoms. The first kappa shape index (κ1) is 30.6. The van der Waals surface area contributed by atoms with E-state index >= 15 is 0 Å². The number of piperazine rings is 1. The average molecular weight is 608 g/mol. The first-order chi connectivity index (χ1) is 20.7. The van der Waals surface area contributed by atoms with Gasteiger partial charge in [0.2, 0.25) is 5.91 Å². The van der Waals surface area contributed by atoms with Crippen LogP contribution < -0.4 is 9.46 Å². The van der Waals surface area contributed by atoms with Crippen LogP contribution in [-0.4, -0.2) is 64.0 Å². The van der Waals surface area contributed by atoms with Crippen LogP contribution in [0.15, 0.2) is 83.8 Å². The smallest absolute Gasteiger partial charge is 0.264 e. The minimum absolute atomic E-state index is 0.137. The molecule has 1 fully saturated rings. The third-order valence-electron chi connectivity index (χ3n) is 7.67. The number of halogens is 2. The Balaban J connectivity index is 1.26. The van der Waals surface area contributed by atoms with E-state index in [1.165, 1.54) is 10.8 Å². The van der Waals surface area contributed by atoms with E-state index in [-0.39, 0.29) is 12.8 Å². The molecule has 0 aliphatic carbocycles. The SMILES string of the molecule is CN1CCN(Cc2ccc(CCC(=O)NS(=O)(=O)c3ccc(F)c(F)c3)c(OCCc3ccc4ccccc4c3)c2)CC1. The summed E-state index contributed by atoms with van der Waals surface area (Å²) in [5, 5.41) is 2.34. The lowest BCUT2D eigenvalue weighted by molar-refractivity contribution is -0.119. The van der Waals surface area contributed by atoms with Crippen molar-refractivity contribution >= 4 is 26.7 Å². The van der Waals surface area contributed by atoms with Gasteiger partial charge < -0.3 is 9.64 Å². The van der Waals surface area contributed by atoms with Gasteiger partial charge in [-0.15, -0.1) is 0 Å². The second kappa shape index (κ2) is 13.6. The molecule has 0 saturated carbocycles. The number of carbonyl (C=O) groups is 1. The largest absolute Gasteiger partial charge is 0.493 e. The molecule has 0 atom stereocenters. The zero-order chi connectivity index (χ0) is 30.4. The van der Waals surface area contributed by atoms with Crippen LogP contribution in [0.25, 0.3) is 10.8 Å². The van der Waals surface area contributed by atoms with Gasteiger partial charge >= 0.3 is 0 Å². The number of nitrogens with one attached hydrogen (secondary N) is 1. The Labute approximate surface area is 251 Å². The van der Waals surface area contributed by atoms with Gasteiger partial charge in [0.1, 0.15) is 5.75 Å². The van der Waals surface area contributed by atoms with Crippen molar-refractivity contribution in [2.45, 2.75) is 30.7 Å². The van der Waals surface area contributed by atoms with E-state index in [9.17, 15) is 22.0 Å². The number of ether oxygens (including phenoxy) is 1. The molecule has 0 aromatic heterocycles. The van der Waals surface area contributed by atoms with Crippen molar-refractivity contribution in [2.75, 3.05) is 39.8 Å². The van der Waals surface area contributed by atoms with E-state index in [2.05, 4.69) is 47.2 Å². The van der Waals surface area contributed by atoms with Crippen LogP contribution >= 0.6 is 0 Å². The second-order valence-corrected chi connectivity index (χ2v) is 12.6. The Hall–Kier alpha value is -3.86. The van der Waals surface area contributed by atoms with Crippen molar-refractivity contribution in [2.24, 2.45) is 0 Å². The maximum atomic E-state index is 13.6. The normalized spacial score (nSPS) is 14.6. The summed E-state index contributed by atoms with van der Waals surface area (Å²) in [5.74, 6) is -2.58. The Bertz CT molecular complexity index is 1710. The molecule has 0 unspecified atom stereocenters. The molecular formula is C33H35F2N3O4S. The molecule has 1 aliphatic rings.